The highest BCUT2D eigenvalue weighted by Crippen LogP contribution is 2.34. The quantitative estimate of drug-likeness (QED) is 0.834. The van der Waals surface area contributed by atoms with Crippen LogP contribution in [0.3, 0.4) is 0 Å². The van der Waals surface area contributed by atoms with Crippen LogP contribution in [0.15, 0.2) is 18.2 Å². The fourth-order valence-electron chi connectivity index (χ4n) is 2.19. The molecule has 0 fully saturated rings. The molecule has 1 aromatic heterocycles. The van der Waals surface area contributed by atoms with E-state index in [-0.39, 0.29) is 5.41 Å². The van der Waals surface area contributed by atoms with Gasteiger partial charge in [-0.1, -0.05) is 49.9 Å². The summed E-state index contributed by atoms with van der Waals surface area (Å²) in [6.45, 7) is 6.57. The van der Waals surface area contributed by atoms with Crippen LogP contribution in [0, 0.1) is 12.3 Å². The summed E-state index contributed by atoms with van der Waals surface area (Å²) >= 11 is 12.1. The Balaban J connectivity index is 2.68. The van der Waals surface area contributed by atoms with E-state index in [0.717, 1.165) is 11.4 Å². The Labute approximate surface area is 135 Å². The molecule has 110 valence electrons. The van der Waals surface area contributed by atoms with E-state index in [1.54, 1.807) is 18.2 Å². The Morgan fingerprint density at radius 3 is 2.29 bits per heavy atom. The van der Waals surface area contributed by atoms with Gasteiger partial charge < -0.3 is 10.3 Å². The van der Waals surface area contributed by atoms with E-state index in [2.05, 4.69) is 31.7 Å². The molecule has 0 bridgehead atoms. The molecule has 0 amide bonds. The van der Waals surface area contributed by atoms with Crippen LogP contribution in [0.2, 0.25) is 10.0 Å². The zero-order chi connectivity index (χ0) is 15.8. The molecule has 2 N–H and O–H groups in total. The lowest BCUT2D eigenvalue weighted by molar-refractivity contribution is 0.517. The number of aromatic nitrogens is 2. The second kappa shape index (κ2) is 5.63. The van der Waals surface area contributed by atoms with E-state index in [1.165, 1.54) is 0 Å². The van der Waals surface area contributed by atoms with E-state index >= 15 is 0 Å². The monoisotopic (exact) mass is 321 g/mol. The molecule has 0 atom stereocenters. The molecule has 0 aliphatic carbocycles. The Kier molecular flexibility index (Phi) is 4.22. The van der Waals surface area contributed by atoms with Crippen LogP contribution in [-0.4, -0.2) is 9.55 Å². The minimum absolute atomic E-state index is 0.175. The normalized spacial score (nSPS) is 11.4. The van der Waals surface area contributed by atoms with Gasteiger partial charge in [-0.2, -0.15) is 0 Å². The van der Waals surface area contributed by atoms with E-state index in [1.807, 2.05) is 4.57 Å². The lowest BCUT2D eigenvalue weighted by Gasteiger charge is -2.18. The van der Waals surface area contributed by atoms with Crippen molar-refractivity contribution in [1.82, 2.24) is 9.55 Å². The molecule has 1 aromatic carbocycles. The van der Waals surface area contributed by atoms with Crippen LogP contribution in [0.5, 0.6) is 0 Å². The predicted molar refractivity (Wildman–Crippen MR) is 89.6 cm³/mol. The first-order valence-corrected chi connectivity index (χ1v) is 7.26. The highest BCUT2D eigenvalue weighted by molar-refractivity contribution is 6.35. The van der Waals surface area contributed by atoms with Gasteiger partial charge in [0, 0.05) is 21.0 Å². The number of nitrogen functional groups attached to an aromatic ring is 1. The largest absolute Gasteiger partial charge is 0.383 e. The molecular weight excluding hydrogens is 305 g/mol. The minimum Gasteiger partial charge on any atom is -0.383 e. The topological polar surface area (TPSA) is 43.8 Å². The number of benzene rings is 1. The van der Waals surface area contributed by atoms with Crippen molar-refractivity contribution in [3.8, 4) is 23.6 Å². The number of nitrogens with two attached hydrogens (primary N) is 1. The minimum atomic E-state index is -0.175. The summed E-state index contributed by atoms with van der Waals surface area (Å²) in [7, 11) is 0. The molecule has 1 heterocycles. The zero-order valence-electron chi connectivity index (χ0n) is 12.2. The molecule has 0 aliphatic rings. The summed E-state index contributed by atoms with van der Waals surface area (Å²) < 4.78 is 1.85. The van der Waals surface area contributed by atoms with Crippen LogP contribution >= 0.6 is 23.2 Å². The molecule has 0 aliphatic heterocycles. The summed E-state index contributed by atoms with van der Waals surface area (Å²) in [5, 5.41) is 1.08. The Morgan fingerprint density at radius 2 is 1.81 bits per heavy atom. The maximum Gasteiger partial charge on any atom is 0.132 e. The van der Waals surface area contributed by atoms with Gasteiger partial charge in [0.25, 0.3) is 0 Å². The molecule has 0 radical (unpaired) electrons. The van der Waals surface area contributed by atoms with Crippen LogP contribution in [0.25, 0.3) is 11.3 Å². The Hall–Kier alpha value is -1.63. The molecular formula is C16H17Cl2N3. The smallest absolute Gasteiger partial charge is 0.132 e. The Morgan fingerprint density at radius 1 is 1.24 bits per heavy atom. The van der Waals surface area contributed by atoms with Gasteiger partial charge >= 0.3 is 0 Å². The highest BCUT2D eigenvalue weighted by atomic mass is 35.5. The van der Waals surface area contributed by atoms with Crippen molar-refractivity contribution in [2.45, 2.75) is 32.7 Å². The van der Waals surface area contributed by atoms with Gasteiger partial charge in [0.2, 0.25) is 0 Å². The third kappa shape index (κ3) is 3.18. The van der Waals surface area contributed by atoms with Crippen LogP contribution in [-0.2, 0) is 12.0 Å². The average molecular weight is 322 g/mol. The second-order valence-corrected chi connectivity index (χ2v) is 6.74. The van der Waals surface area contributed by atoms with E-state index in [9.17, 15) is 0 Å². The first-order valence-electron chi connectivity index (χ1n) is 6.50. The van der Waals surface area contributed by atoms with E-state index in [4.69, 9.17) is 35.4 Å². The average Bonchev–Trinajstić information content (AvgIpc) is 2.66. The first-order chi connectivity index (χ1) is 9.74. The molecule has 2 rings (SSSR count). The lowest BCUT2D eigenvalue weighted by Crippen LogP contribution is -2.19. The number of nitrogens with zero attached hydrogens (tertiary/aromatic N) is 2. The lowest BCUT2D eigenvalue weighted by atomic mass is 9.95. The first kappa shape index (κ1) is 15.8. The van der Waals surface area contributed by atoms with Crippen LogP contribution in [0.1, 0.15) is 26.6 Å². The van der Waals surface area contributed by atoms with Crippen LogP contribution < -0.4 is 5.73 Å². The zero-order valence-corrected chi connectivity index (χ0v) is 13.8. The molecule has 0 unspecified atom stereocenters. The molecule has 0 saturated carbocycles. The van der Waals surface area contributed by atoms with Crippen molar-refractivity contribution in [2.75, 3.05) is 5.73 Å². The summed E-state index contributed by atoms with van der Waals surface area (Å²) in [5.41, 5.74) is 7.50. The van der Waals surface area contributed by atoms with Gasteiger partial charge in [-0.3, -0.25) is 0 Å². The van der Waals surface area contributed by atoms with Crippen molar-refractivity contribution < 1.29 is 0 Å². The van der Waals surface area contributed by atoms with Crippen molar-refractivity contribution >= 4 is 29.0 Å². The number of hydrogen-bond donors (Lipinski definition) is 1. The molecule has 3 nitrogen and oxygen atoms in total. The number of halogens is 2. The van der Waals surface area contributed by atoms with E-state index in [0.29, 0.717) is 28.1 Å². The molecule has 0 saturated heterocycles. The standard InChI is InChI=1S/C16H17Cl2N3/c1-5-6-21-14(19)13(20-15(21)16(2,3)4)10-7-11(17)9-12(18)8-10/h1,7-9H,6,19H2,2-4H3. The summed E-state index contributed by atoms with van der Waals surface area (Å²) in [6, 6.07) is 5.25. The predicted octanol–water partition coefficient (Wildman–Crippen LogP) is 4.37. The van der Waals surface area contributed by atoms with Crippen molar-refractivity contribution in [2.24, 2.45) is 0 Å². The number of imidazole rings is 1. The number of rotatable bonds is 2. The van der Waals surface area contributed by atoms with Crippen molar-refractivity contribution in [3.05, 3.63) is 34.1 Å². The maximum absolute atomic E-state index is 6.24. The third-order valence-electron chi connectivity index (χ3n) is 3.06. The fraction of sp³-hybridized carbons (Fsp3) is 0.312. The Bertz CT molecular complexity index is 698. The molecule has 0 spiro atoms. The third-order valence-corrected chi connectivity index (χ3v) is 3.50. The fourth-order valence-corrected chi connectivity index (χ4v) is 2.72. The van der Waals surface area contributed by atoms with Crippen LogP contribution in [0.4, 0.5) is 5.82 Å². The molecule has 5 heteroatoms. The van der Waals surface area contributed by atoms with Gasteiger partial charge in [0.1, 0.15) is 17.3 Å². The highest BCUT2D eigenvalue weighted by Gasteiger charge is 2.25. The maximum atomic E-state index is 6.24. The van der Waals surface area contributed by atoms with Gasteiger partial charge in [0.15, 0.2) is 0 Å². The van der Waals surface area contributed by atoms with E-state index < -0.39 is 0 Å². The van der Waals surface area contributed by atoms with Gasteiger partial charge in [-0.15, -0.1) is 6.42 Å². The summed E-state index contributed by atoms with van der Waals surface area (Å²) in [5.74, 6) is 3.98. The van der Waals surface area contributed by atoms with Gasteiger partial charge in [-0.05, 0) is 18.2 Å². The molecule has 21 heavy (non-hydrogen) atoms. The van der Waals surface area contributed by atoms with Gasteiger partial charge in [0.05, 0.1) is 6.54 Å². The number of terminal acetylenes is 1. The SMILES string of the molecule is C#CCn1c(C(C)(C)C)nc(-c2cc(Cl)cc(Cl)c2)c1N. The van der Waals surface area contributed by atoms with Crippen molar-refractivity contribution in [1.29, 1.82) is 0 Å². The second-order valence-electron chi connectivity index (χ2n) is 5.87. The van der Waals surface area contributed by atoms with Crippen molar-refractivity contribution in [3.63, 3.8) is 0 Å². The molecule has 2 aromatic rings. The number of anilines is 1. The van der Waals surface area contributed by atoms with Gasteiger partial charge in [-0.25, -0.2) is 4.98 Å². The summed E-state index contributed by atoms with van der Waals surface area (Å²) in [6.07, 6.45) is 5.44. The summed E-state index contributed by atoms with van der Waals surface area (Å²) in [4.78, 5) is 4.68. The number of hydrogen-bond acceptors (Lipinski definition) is 2.